The summed E-state index contributed by atoms with van der Waals surface area (Å²) in [6.45, 7) is 3.59. The van der Waals surface area contributed by atoms with Crippen molar-refractivity contribution in [1.82, 2.24) is 10.6 Å². The Bertz CT molecular complexity index is 175. The minimum absolute atomic E-state index is 0.104. The normalized spacial score (nSPS) is 9.73. The Morgan fingerprint density at radius 3 is 2.27 bits per heavy atom. The number of hydrogen-bond donors (Lipinski definition) is 2. The van der Waals surface area contributed by atoms with Gasteiger partial charge in [-0.1, -0.05) is 13.3 Å². The molecule has 2 N–H and O–H groups in total. The van der Waals surface area contributed by atoms with Gasteiger partial charge in [0, 0.05) is 20.2 Å². The first-order chi connectivity index (χ1) is 7.20. The first kappa shape index (κ1) is 13.9. The molecule has 0 saturated carbocycles. The number of nitrogens with one attached hydrogen (secondary N) is 2. The summed E-state index contributed by atoms with van der Waals surface area (Å²) in [6, 6.07) is 0. The molecule has 0 aliphatic carbocycles. The minimum Gasteiger partial charge on any atom is -0.383 e. The highest BCUT2D eigenvalue weighted by molar-refractivity contribution is 5.96. The molecule has 0 bridgehead atoms. The molecule has 2 amide bonds. The average molecular weight is 216 g/mol. The van der Waals surface area contributed by atoms with Gasteiger partial charge in [-0.25, -0.2) is 0 Å². The van der Waals surface area contributed by atoms with Gasteiger partial charge in [0.25, 0.3) is 0 Å². The smallest absolute Gasteiger partial charge is 0.229 e. The van der Waals surface area contributed by atoms with Gasteiger partial charge in [0.15, 0.2) is 0 Å². The van der Waals surface area contributed by atoms with Crippen LogP contribution >= 0.6 is 0 Å². The number of carbonyl (C=O) groups excluding carboxylic acids is 2. The molecule has 0 aromatic carbocycles. The van der Waals surface area contributed by atoms with Gasteiger partial charge in [0.2, 0.25) is 11.8 Å². The Morgan fingerprint density at radius 1 is 1.13 bits per heavy atom. The summed E-state index contributed by atoms with van der Waals surface area (Å²) in [6.07, 6.45) is 1.87. The fraction of sp³-hybridized carbons (Fsp3) is 0.800. The standard InChI is InChI=1S/C10H20N2O3/c1-3-4-5-11-9(13)8-10(14)12-6-7-15-2/h3-8H2,1-2H3,(H,11,13)(H,12,14). The summed E-state index contributed by atoms with van der Waals surface area (Å²) in [5.74, 6) is -0.487. The Balaban J connectivity index is 3.45. The molecule has 0 atom stereocenters. The van der Waals surface area contributed by atoms with E-state index in [4.69, 9.17) is 4.74 Å². The Morgan fingerprint density at radius 2 is 1.73 bits per heavy atom. The monoisotopic (exact) mass is 216 g/mol. The third-order valence-corrected chi connectivity index (χ3v) is 1.80. The summed E-state index contributed by atoms with van der Waals surface area (Å²) < 4.78 is 4.76. The molecule has 0 spiro atoms. The lowest BCUT2D eigenvalue weighted by Gasteiger charge is -2.05. The van der Waals surface area contributed by atoms with Crippen LogP contribution in [0.5, 0.6) is 0 Å². The Labute approximate surface area is 90.6 Å². The van der Waals surface area contributed by atoms with Crippen molar-refractivity contribution < 1.29 is 14.3 Å². The molecule has 5 nitrogen and oxygen atoms in total. The van der Waals surface area contributed by atoms with Gasteiger partial charge in [-0.2, -0.15) is 0 Å². The van der Waals surface area contributed by atoms with Gasteiger partial charge in [0.1, 0.15) is 6.42 Å². The summed E-state index contributed by atoms with van der Waals surface area (Å²) in [5.41, 5.74) is 0. The van der Waals surface area contributed by atoms with E-state index in [1.807, 2.05) is 6.92 Å². The molecule has 0 aromatic rings. The number of unbranched alkanes of at least 4 members (excludes halogenated alkanes) is 1. The van der Waals surface area contributed by atoms with Gasteiger partial charge >= 0.3 is 0 Å². The van der Waals surface area contributed by atoms with Gasteiger partial charge in [-0.05, 0) is 6.42 Å². The van der Waals surface area contributed by atoms with Gasteiger partial charge < -0.3 is 15.4 Å². The van der Waals surface area contributed by atoms with Crippen LogP contribution in [0, 0.1) is 0 Å². The third kappa shape index (κ3) is 9.21. The highest BCUT2D eigenvalue weighted by atomic mass is 16.5. The van der Waals surface area contributed by atoms with E-state index in [0.717, 1.165) is 12.8 Å². The maximum Gasteiger partial charge on any atom is 0.229 e. The van der Waals surface area contributed by atoms with Crippen LogP contribution in [0.25, 0.3) is 0 Å². The first-order valence-corrected chi connectivity index (χ1v) is 5.23. The number of hydrogen-bond acceptors (Lipinski definition) is 3. The first-order valence-electron chi connectivity index (χ1n) is 5.23. The number of ether oxygens (including phenoxy) is 1. The highest BCUT2D eigenvalue weighted by Crippen LogP contribution is 1.85. The molecule has 0 rings (SSSR count). The van der Waals surface area contributed by atoms with Crippen LogP contribution in [0.2, 0.25) is 0 Å². The quantitative estimate of drug-likeness (QED) is 0.445. The van der Waals surface area contributed by atoms with Crippen molar-refractivity contribution in [3.05, 3.63) is 0 Å². The predicted molar refractivity (Wildman–Crippen MR) is 57.4 cm³/mol. The zero-order valence-corrected chi connectivity index (χ0v) is 9.47. The fourth-order valence-corrected chi connectivity index (χ4v) is 0.968. The molecule has 0 fully saturated rings. The van der Waals surface area contributed by atoms with Crippen LogP contribution in [0.3, 0.4) is 0 Å². The van der Waals surface area contributed by atoms with E-state index in [2.05, 4.69) is 10.6 Å². The molecule has 0 aromatic heterocycles. The largest absolute Gasteiger partial charge is 0.383 e. The Hall–Kier alpha value is -1.10. The molecule has 88 valence electrons. The fourth-order valence-electron chi connectivity index (χ4n) is 0.968. The molecule has 15 heavy (non-hydrogen) atoms. The topological polar surface area (TPSA) is 67.4 Å². The lowest BCUT2D eigenvalue weighted by molar-refractivity contribution is -0.129. The van der Waals surface area contributed by atoms with Crippen molar-refractivity contribution in [3.63, 3.8) is 0 Å². The summed E-state index contributed by atoms with van der Waals surface area (Å²) >= 11 is 0. The summed E-state index contributed by atoms with van der Waals surface area (Å²) in [5, 5.41) is 5.25. The zero-order chi connectivity index (χ0) is 11.5. The lowest BCUT2D eigenvalue weighted by Crippen LogP contribution is -2.33. The second-order valence-electron chi connectivity index (χ2n) is 3.22. The van der Waals surface area contributed by atoms with E-state index in [0.29, 0.717) is 19.7 Å². The van der Waals surface area contributed by atoms with E-state index in [1.54, 1.807) is 7.11 Å². The SMILES string of the molecule is CCCCNC(=O)CC(=O)NCCOC. The second-order valence-corrected chi connectivity index (χ2v) is 3.22. The molecule has 0 heterocycles. The van der Waals surface area contributed by atoms with Crippen LogP contribution in [0.1, 0.15) is 26.2 Å². The van der Waals surface area contributed by atoms with E-state index in [1.165, 1.54) is 0 Å². The van der Waals surface area contributed by atoms with Crippen LogP contribution in [0.4, 0.5) is 0 Å². The number of amides is 2. The molecule has 5 heteroatoms. The van der Waals surface area contributed by atoms with Crippen LogP contribution in [0.15, 0.2) is 0 Å². The van der Waals surface area contributed by atoms with Gasteiger partial charge in [0.05, 0.1) is 6.61 Å². The van der Waals surface area contributed by atoms with E-state index >= 15 is 0 Å². The van der Waals surface area contributed by atoms with E-state index in [9.17, 15) is 9.59 Å². The predicted octanol–water partition coefficient (Wildman–Crippen LogP) is 0.0554. The molecule has 0 aliphatic rings. The summed E-state index contributed by atoms with van der Waals surface area (Å²) in [4.78, 5) is 22.3. The molecule has 0 aliphatic heterocycles. The van der Waals surface area contributed by atoms with Crippen molar-refractivity contribution in [2.75, 3.05) is 26.8 Å². The number of methoxy groups -OCH3 is 1. The minimum atomic E-state index is -0.263. The zero-order valence-electron chi connectivity index (χ0n) is 9.47. The second kappa shape index (κ2) is 9.45. The van der Waals surface area contributed by atoms with Gasteiger partial charge in [-0.15, -0.1) is 0 Å². The third-order valence-electron chi connectivity index (χ3n) is 1.80. The van der Waals surface area contributed by atoms with E-state index in [-0.39, 0.29) is 18.2 Å². The van der Waals surface area contributed by atoms with Crippen molar-refractivity contribution in [2.45, 2.75) is 26.2 Å². The van der Waals surface area contributed by atoms with E-state index < -0.39 is 0 Å². The van der Waals surface area contributed by atoms with Gasteiger partial charge in [-0.3, -0.25) is 9.59 Å². The van der Waals surface area contributed by atoms with Crippen LogP contribution in [-0.2, 0) is 14.3 Å². The maximum atomic E-state index is 11.2. The summed E-state index contributed by atoms with van der Waals surface area (Å²) in [7, 11) is 1.56. The maximum absolute atomic E-state index is 11.2. The molecular formula is C10H20N2O3. The number of carbonyl (C=O) groups is 2. The number of rotatable bonds is 8. The van der Waals surface area contributed by atoms with Crippen molar-refractivity contribution in [2.24, 2.45) is 0 Å². The molecule has 0 radical (unpaired) electrons. The highest BCUT2D eigenvalue weighted by Gasteiger charge is 2.07. The van der Waals surface area contributed by atoms with Crippen LogP contribution in [-0.4, -0.2) is 38.6 Å². The average Bonchev–Trinajstić information content (AvgIpc) is 2.18. The van der Waals surface area contributed by atoms with Crippen molar-refractivity contribution >= 4 is 11.8 Å². The Kier molecular flexibility index (Phi) is 8.76. The molecule has 0 unspecified atom stereocenters. The molecular weight excluding hydrogens is 196 g/mol. The van der Waals surface area contributed by atoms with Crippen LogP contribution < -0.4 is 10.6 Å². The van der Waals surface area contributed by atoms with Crippen molar-refractivity contribution in [1.29, 1.82) is 0 Å². The molecule has 0 saturated heterocycles. The lowest BCUT2D eigenvalue weighted by atomic mass is 10.3. The van der Waals surface area contributed by atoms with Crippen molar-refractivity contribution in [3.8, 4) is 0 Å².